The van der Waals surface area contributed by atoms with Crippen LogP contribution in [0.4, 0.5) is 0 Å². The van der Waals surface area contributed by atoms with Crippen molar-refractivity contribution in [1.29, 1.82) is 0 Å². The highest BCUT2D eigenvalue weighted by Crippen LogP contribution is 2.23. The number of rotatable bonds is 6. The summed E-state index contributed by atoms with van der Waals surface area (Å²) in [6.07, 6.45) is 3.80. The fourth-order valence-corrected chi connectivity index (χ4v) is 2.25. The van der Waals surface area contributed by atoms with E-state index in [9.17, 15) is 4.79 Å². The second-order valence-electron chi connectivity index (χ2n) is 5.24. The number of nitrogens with zero attached hydrogens (tertiary/aromatic N) is 1. The average molecular weight is 282 g/mol. The standard InChI is InChI=1S/C18H22N2O/c1-3-4-12-20-18(21)17(16-7-5-6-13-19-16)15-10-8-14(2)9-11-15/h5-11,13,17H,3-4,12H2,1-2H3,(H,20,21). The molecular formula is C18H22N2O. The Kier molecular flexibility index (Phi) is 5.50. The molecule has 1 unspecified atom stereocenters. The van der Waals surface area contributed by atoms with E-state index in [2.05, 4.69) is 17.2 Å². The fraction of sp³-hybridized carbons (Fsp3) is 0.333. The maximum atomic E-state index is 12.6. The van der Waals surface area contributed by atoms with Gasteiger partial charge in [0.1, 0.15) is 5.92 Å². The molecule has 3 heteroatoms. The molecule has 0 bridgehead atoms. The van der Waals surface area contributed by atoms with E-state index in [1.54, 1.807) is 6.20 Å². The largest absolute Gasteiger partial charge is 0.355 e. The Balaban J connectivity index is 2.26. The van der Waals surface area contributed by atoms with Crippen molar-refractivity contribution in [3.8, 4) is 0 Å². The second kappa shape index (κ2) is 7.58. The Morgan fingerprint density at radius 3 is 2.57 bits per heavy atom. The third-order valence-electron chi connectivity index (χ3n) is 3.49. The summed E-state index contributed by atoms with van der Waals surface area (Å²) in [5.74, 6) is -0.324. The third kappa shape index (κ3) is 4.15. The van der Waals surface area contributed by atoms with Crippen LogP contribution in [0.2, 0.25) is 0 Å². The normalized spacial score (nSPS) is 11.9. The zero-order chi connectivity index (χ0) is 15.1. The van der Waals surface area contributed by atoms with E-state index >= 15 is 0 Å². The van der Waals surface area contributed by atoms with Gasteiger partial charge in [-0.2, -0.15) is 0 Å². The monoisotopic (exact) mass is 282 g/mol. The van der Waals surface area contributed by atoms with Crippen LogP contribution in [0.3, 0.4) is 0 Å². The highest BCUT2D eigenvalue weighted by Gasteiger charge is 2.23. The van der Waals surface area contributed by atoms with E-state index < -0.39 is 0 Å². The van der Waals surface area contributed by atoms with Crippen LogP contribution in [0, 0.1) is 6.92 Å². The number of hydrogen-bond donors (Lipinski definition) is 1. The van der Waals surface area contributed by atoms with E-state index in [-0.39, 0.29) is 11.8 Å². The number of unbranched alkanes of at least 4 members (excludes halogenated alkanes) is 1. The Labute approximate surface area is 126 Å². The van der Waals surface area contributed by atoms with Crippen molar-refractivity contribution in [1.82, 2.24) is 10.3 Å². The molecule has 0 fully saturated rings. The summed E-state index contributed by atoms with van der Waals surface area (Å²) < 4.78 is 0. The fourth-order valence-electron chi connectivity index (χ4n) is 2.25. The predicted octanol–water partition coefficient (Wildman–Crippen LogP) is 3.44. The highest BCUT2D eigenvalue weighted by atomic mass is 16.1. The molecule has 2 rings (SSSR count). The zero-order valence-electron chi connectivity index (χ0n) is 12.7. The van der Waals surface area contributed by atoms with Gasteiger partial charge in [-0.3, -0.25) is 9.78 Å². The summed E-state index contributed by atoms with van der Waals surface area (Å²) in [7, 11) is 0. The molecule has 1 N–H and O–H groups in total. The van der Waals surface area contributed by atoms with Gasteiger partial charge in [0.25, 0.3) is 0 Å². The van der Waals surface area contributed by atoms with Gasteiger partial charge in [0.2, 0.25) is 5.91 Å². The summed E-state index contributed by atoms with van der Waals surface area (Å²) in [6, 6.07) is 13.8. The van der Waals surface area contributed by atoms with Gasteiger partial charge >= 0.3 is 0 Å². The van der Waals surface area contributed by atoms with Gasteiger partial charge in [-0.15, -0.1) is 0 Å². The minimum absolute atomic E-state index is 0.0194. The van der Waals surface area contributed by atoms with Crippen LogP contribution in [0.5, 0.6) is 0 Å². The van der Waals surface area contributed by atoms with Crippen molar-refractivity contribution in [3.05, 3.63) is 65.5 Å². The average Bonchev–Trinajstić information content (AvgIpc) is 2.51. The van der Waals surface area contributed by atoms with Crippen LogP contribution in [-0.4, -0.2) is 17.4 Å². The van der Waals surface area contributed by atoms with Crippen LogP contribution in [0.15, 0.2) is 48.7 Å². The third-order valence-corrected chi connectivity index (χ3v) is 3.49. The van der Waals surface area contributed by atoms with Crippen LogP contribution in [-0.2, 0) is 4.79 Å². The molecule has 1 atom stereocenters. The van der Waals surface area contributed by atoms with Crippen LogP contribution in [0.25, 0.3) is 0 Å². The van der Waals surface area contributed by atoms with Gasteiger partial charge in [-0.1, -0.05) is 49.2 Å². The van der Waals surface area contributed by atoms with E-state index in [1.807, 2.05) is 49.4 Å². The van der Waals surface area contributed by atoms with Gasteiger partial charge in [0.15, 0.2) is 0 Å². The molecule has 1 aromatic heterocycles. The van der Waals surface area contributed by atoms with Crippen LogP contribution in [0.1, 0.15) is 42.5 Å². The molecule has 3 nitrogen and oxygen atoms in total. The first-order valence-corrected chi connectivity index (χ1v) is 7.47. The molecule has 1 aromatic carbocycles. The zero-order valence-corrected chi connectivity index (χ0v) is 12.7. The summed E-state index contributed by atoms with van der Waals surface area (Å²) in [5, 5.41) is 3.02. The molecule has 0 radical (unpaired) electrons. The number of aryl methyl sites for hydroxylation is 1. The lowest BCUT2D eigenvalue weighted by atomic mass is 9.93. The lowest BCUT2D eigenvalue weighted by Gasteiger charge is -2.17. The van der Waals surface area contributed by atoms with E-state index in [1.165, 1.54) is 5.56 Å². The molecule has 21 heavy (non-hydrogen) atoms. The smallest absolute Gasteiger partial charge is 0.233 e. The molecule has 110 valence electrons. The topological polar surface area (TPSA) is 42.0 Å². The molecule has 0 aliphatic carbocycles. The predicted molar refractivity (Wildman–Crippen MR) is 85.2 cm³/mol. The summed E-state index contributed by atoms with van der Waals surface area (Å²) >= 11 is 0. The van der Waals surface area contributed by atoms with Gasteiger partial charge in [-0.25, -0.2) is 0 Å². The molecule has 0 saturated heterocycles. The van der Waals surface area contributed by atoms with Crippen molar-refractivity contribution in [2.45, 2.75) is 32.6 Å². The number of pyridine rings is 1. The summed E-state index contributed by atoms with van der Waals surface area (Å²) in [6.45, 7) is 4.87. The number of carbonyl (C=O) groups excluding carboxylic acids is 1. The van der Waals surface area contributed by atoms with Crippen molar-refractivity contribution in [3.63, 3.8) is 0 Å². The van der Waals surface area contributed by atoms with E-state index in [4.69, 9.17) is 0 Å². The van der Waals surface area contributed by atoms with Crippen LogP contribution >= 0.6 is 0 Å². The molecule has 0 aliphatic heterocycles. The van der Waals surface area contributed by atoms with Crippen molar-refractivity contribution in [2.75, 3.05) is 6.54 Å². The second-order valence-corrected chi connectivity index (χ2v) is 5.24. The van der Waals surface area contributed by atoms with Gasteiger partial charge < -0.3 is 5.32 Å². The number of amides is 1. The number of carbonyl (C=O) groups is 1. The number of nitrogens with one attached hydrogen (secondary N) is 1. The first-order valence-electron chi connectivity index (χ1n) is 7.47. The minimum atomic E-state index is -0.344. The molecule has 1 heterocycles. The maximum absolute atomic E-state index is 12.6. The molecule has 2 aromatic rings. The van der Waals surface area contributed by atoms with Crippen molar-refractivity contribution >= 4 is 5.91 Å². The molecule has 0 spiro atoms. The lowest BCUT2D eigenvalue weighted by molar-refractivity contribution is -0.121. The number of aromatic nitrogens is 1. The van der Waals surface area contributed by atoms with Gasteiger partial charge in [0.05, 0.1) is 5.69 Å². The molecule has 0 saturated carbocycles. The Bertz CT molecular complexity index is 564. The molecule has 1 amide bonds. The Morgan fingerprint density at radius 1 is 1.19 bits per heavy atom. The van der Waals surface area contributed by atoms with Gasteiger partial charge in [-0.05, 0) is 31.0 Å². The Morgan fingerprint density at radius 2 is 1.95 bits per heavy atom. The van der Waals surface area contributed by atoms with E-state index in [0.29, 0.717) is 6.54 Å². The van der Waals surface area contributed by atoms with E-state index in [0.717, 1.165) is 24.1 Å². The number of benzene rings is 1. The highest BCUT2D eigenvalue weighted by molar-refractivity contribution is 5.86. The van der Waals surface area contributed by atoms with Crippen LogP contribution < -0.4 is 5.32 Å². The molecular weight excluding hydrogens is 260 g/mol. The first kappa shape index (κ1) is 15.2. The summed E-state index contributed by atoms with van der Waals surface area (Å²) in [4.78, 5) is 16.9. The quantitative estimate of drug-likeness (QED) is 0.825. The SMILES string of the molecule is CCCCNC(=O)C(c1ccc(C)cc1)c1ccccn1. The number of hydrogen-bond acceptors (Lipinski definition) is 2. The van der Waals surface area contributed by atoms with Crippen molar-refractivity contribution < 1.29 is 4.79 Å². The van der Waals surface area contributed by atoms with Crippen molar-refractivity contribution in [2.24, 2.45) is 0 Å². The Hall–Kier alpha value is -2.16. The summed E-state index contributed by atoms with van der Waals surface area (Å²) in [5.41, 5.74) is 2.95. The maximum Gasteiger partial charge on any atom is 0.233 e. The molecule has 0 aliphatic rings. The minimum Gasteiger partial charge on any atom is -0.355 e. The lowest BCUT2D eigenvalue weighted by Crippen LogP contribution is -2.31. The first-order chi connectivity index (χ1) is 10.2. The van der Waals surface area contributed by atoms with Gasteiger partial charge in [0, 0.05) is 12.7 Å².